The number of unbranched alkanes of at least 4 members (excludes halogenated alkanes) is 3. The molecule has 2 heterocycles. The van der Waals surface area contributed by atoms with E-state index in [1.165, 1.54) is 4.57 Å². The molecule has 0 atom stereocenters. The molecule has 0 saturated heterocycles. The third-order valence-corrected chi connectivity index (χ3v) is 5.47. The summed E-state index contributed by atoms with van der Waals surface area (Å²) in [5.41, 5.74) is 0.617. The molecule has 0 bridgehead atoms. The van der Waals surface area contributed by atoms with Gasteiger partial charge in [0.1, 0.15) is 0 Å². The number of ether oxygens (including phenoxy) is 1. The molecule has 0 amide bonds. The monoisotopic (exact) mass is 448 g/mol. The fourth-order valence-electron chi connectivity index (χ4n) is 3.50. The maximum Gasteiger partial charge on any atom is 0.332 e. The Labute approximate surface area is 185 Å². The van der Waals surface area contributed by atoms with Gasteiger partial charge in [-0.05, 0) is 30.5 Å². The van der Waals surface area contributed by atoms with Crippen molar-refractivity contribution >= 4 is 22.8 Å². The molecule has 0 unspecified atom stereocenters. The first-order valence-corrected chi connectivity index (χ1v) is 11.0. The second-order valence-electron chi connectivity index (χ2n) is 7.56. The topological polar surface area (TPSA) is 91.3 Å². The van der Waals surface area contributed by atoms with Crippen LogP contribution < -0.4 is 16.0 Å². The molecule has 168 valence electrons. The van der Waals surface area contributed by atoms with Gasteiger partial charge < -0.3 is 9.84 Å². The predicted molar refractivity (Wildman–Crippen MR) is 121 cm³/mol. The van der Waals surface area contributed by atoms with E-state index in [2.05, 4.69) is 11.9 Å². The summed E-state index contributed by atoms with van der Waals surface area (Å²) in [5, 5.41) is 9.78. The highest BCUT2D eigenvalue weighted by atomic mass is 35.5. The van der Waals surface area contributed by atoms with Gasteiger partial charge >= 0.3 is 5.69 Å². The normalized spacial score (nSPS) is 11.4. The minimum atomic E-state index is -0.461. The van der Waals surface area contributed by atoms with Gasteiger partial charge in [-0.1, -0.05) is 49.9 Å². The van der Waals surface area contributed by atoms with Crippen LogP contribution in [0.4, 0.5) is 0 Å². The predicted octanol–water partition coefficient (Wildman–Crippen LogP) is 2.94. The second-order valence-corrected chi connectivity index (χ2v) is 8.00. The molecule has 9 heteroatoms. The van der Waals surface area contributed by atoms with E-state index in [0.717, 1.165) is 35.8 Å². The lowest BCUT2D eigenvalue weighted by atomic mass is 10.2. The van der Waals surface area contributed by atoms with E-state index >= 15 is 0 Å². The molecule has 3 rings (SSSR count). The minimum Gasteiger partial charge on any atom is -0.465 e. The molecule has 0 radical (unpaired) electrons. The molecule has 0 aliphatic rings. The number of aryl methyl sites for hydroxylation is 1. The summed E-state index contributed by atoms with van der Waals surface area (Å²) in [6, 6.07) is 7.65. The lowest BCUT2D eigenvalue weighted by Gasteiger charge is -2.11. The number of imidazole rings is 1. The van der Waals surface area contributed by atoms with Gasteiger partial charge in [0.15, 0.2) is 11.2 Å². The van der Waals surface area contributed by atoms with Gasteiger partial charge in [-0.2, -0.15) is 4.98 Å². The molecule has 0 spiro atoms. The fourth-order valence-corrected chi connectivity index (χ4v) is 3.63. The number of aromatic nitrogens is 4. The highest BCUT2D eigenvalue weighted by Crippen LogP contribution is 2.21. The van der Waals surface area contributed by atoms with Crippen molar-refractivity contribution < 1.29 is 9.84 Å². The minimum absolute atomic E-state index is 0.107. The summed E-state index contributed by atoms with van der Waals surface area (Å²) in [6.45, 7) is 3.01. The van der Waals surface area contributed by atoms with Crippen molar-refractivity contribution in [1.82, 2.24) is 18.7 Å². The van der Waals surface area contributed by atoms with Gasteiger partial charge in [0, 0.05) is 25.2 Å². The van der Waals surface area contributed by atoms with Crippen molar-refractivity contribution in [3.63, 3.8) is 0 Å². The zero-order valence-electron chi connectivity index (χ0n) is 18.0. The quantitative estimate of drug-likeness (QED) is 0.455. The van der Waals surface area contributed by atoms with Crippen molar-refractivity contribution in [2.24, 2.45) is 7.05 Å². The van der Waals surface area contributed by atoms with E-state index in [1.807, 2.05) is 12.1 Å². The first-order chi connectivity index (χ1) is 15.0. The Hall–Kier alpha value is -2.58. The van der Waals surface area contributed by atoms with E-state index in [9.17, 15) is 9.59 Å². The summed E-state index contributed by atoms with van der Waals surface area (Å²) in [7, 11) is 1.59. The molecule has 0 aliphatic heterocycles. The third-order valence-electron chi connectivity index (χ3n) is 5.22. The fraction of sp³-hybridized carbons (Fsp3) is 0.500. The van der Waals surface area contributed by atoms with E-state index in [1.54, 1.807) is 23.7 Å². The number of halogens is 1. The number of aliphatic hydroxyl groups is 1. The maximum atomic E-state index is 13.2. The second kappa shape index (κ2) is 10.6. The third kappa shape index (κ3) is 5.19. The molecule has 1 aromatic carbocycles. The summed E-state index contributed by atoms with van der Waals surface area (Å²) in [4.78, 5) is 30.4. The standard InChI is InChI=1S/C22H29ClN4O4/c1-3-4-5-6-14-31-21-24-19-18(27(21)15-16-8-10-17(23)11-9-16)20(29)26(12-7-13-28)22(30)25(19)2/h8-11,28H,3-7,12-15H2,1-2H3. The molecule has 31 heavy (non-hydrogen) atoms. The van der Waals surface area contributed by atoms with Crippen LogP contribution in [0.15, 0.2) is 33.9 Å². The average Bonchev–Trinajstić information content (AvgIpc) is 3.12. The average molecular weight is 449 g/mol. The van der Waals surface area contributed by atoms with Crippen molar-refractivity contribution in [3.8, 4) is 6.01 Å². The van der Waals surface area contributed by atoms with E-state index < -0.39 is 11.2 Å². The number of fused-ring (bicyclic) bond motifs is 1. The largest absolute Gasteiger partial charge is 0.465 e. The zero-order valence-corrected chi connectivity index (χ0v) is 18.8. The Morgan fingerprint density at radius 2 is 1.81 bits per heavy atom. The smallest absolute Gasteiger partial charge is 0.332 e. The van der Waals surface area contributed by atoms with Crippen molar-refractivity contribution in [1.29, 1.82) is 0 Å². The number of benzene rings is 1. The van der Waals surface area contributed by atoms with Crippen LogP contribution in [0.2, 0.25) is 5.02 Å². The van der Waals surface area contributed by atoms with Crippen LogP contribution in [0.3, 0.4) is 0 Å². The molecular formula is C22H29ClN4O4. The maximum absolute atomic E-state index is 13.2. The molecule has 2 aromatic heterocycles. The van der Waals surface area contributed by atoms with Crippen molar-refractivity contribution in [2.45, 2.75) is 52.1 Å². The first kappa shape index (κ1) is 23.1. The first-order valence-electron chi connectivity index (χ1n) is 10.7. The van der Waals surface area contributed by atoms with E-state index in [-0.39, 0.29) is 18.8 Å². The SMILES string of the molecule is CCCCCCOc1nc2c(c(=O)n(CCCO)c(=O)n2C)n1Cc1ccc(Cl)cc1. The highest BCUT2D eigenvalue weighted by molar-refractivity contribution is 6.30. The Bertz CT molecular complexity index is 1130. The zero-order chi connectivity index (χ0) is 22.4. The molecule has 3 aromatic rings. The van der Waals surface area contributed by atoms with Gasteiger partial charge in [-0.15, -0.1) is 0 Å². The van der Waals surface area contributed by atoms with E-state index in [4.69, 9.17) is 21.4 Å². The van der Waals surface area contributed by atoms with Crippen LogP contribution in [-0.2, 0) is 20.1 Å². The summed E-state index contributed by atoms with van der Waals surface area (Å²) in [5.74, 6) is 0. The van der Waals surface area contributed by atoms with Gasteiger partial charge in [0.25, 0.3) is 11.6 Å². The summed E-state index contributed by atoms with van der Waals surface area (Å²) in [6.07, 6.45) is 4.52. The molecule has 0 saturated carbocycles. The number of nitrogens with zero attached hydrogens (tertiary/aromatic N) is 4. The summed E-state index contributed by atoms with van der Waals surface area (Å²) >= 11 is 6.01. The Morgan fingerprint density at radius 1 is 1.06 bits per heavy atom. The van der Waals surface area contributed by atoms with Gasteiger partial charge in [-0.3, -0.25) is 18.5 Å². The van der Waals surface area contributed by atoms with Gasteiger partial charge in [0.2, 0.25) is 0 Å². The van der Waals surface area contributed by atoms with Crippen LogP contribution in [0.1, 0.15) is 44.6 Å². The molecule has 0 aliphatic carbocycles. The molecular weight excluding hydrogens is 420 g/mol. The number of hydrogen-bond donors (Lipinski definition) is 1. The Kier molecular flexibility index (Phi) is 7.92. The van der Waals surface area contributed by atoms with Crippen molar-refractivity contribution in [2.75, 3.05) is 13.2 Å². The lowest BCUT2D eigenvalue weighted by molar-refractivity contribution is 0.272. The molecule has 1 N–H and O–H groups in total. The van der Waals surface area contributed by atoms with E-state index in [0.29, 0.717) is 36.1 Å². The van der Waals surface area contributed by atoms with Gasteiger partial charge in [0.05, 0.1) is 13.2 Å². The van der Waals surface area contributed by atoms with Crippen LogP contribution in [-0.4, -0.2) is 37.0 Å². The van der Waals surface area contributed by atoms with Crippen LogP contribution in [0.25, 0.3) is 11.2 Å². The number of hydrogen-bond acceptors (Lipinski definition) is 5. The molecule has 0 fully saturated rings. The van der Waals surface area contributed by atoms with Crippen LogP contribution >= 0.6 is 11.6 Å². The summed E-state index contributed by atoms with van der Waals surface area (Å²) < 4.78 is 10.2. The van der Waals surface area contributed by atoms with Crippen molar-refractivity contribution in [3.05, 3.63) is 55.7 Å². The lowest BCUT2D eigenvalue weighted by Crippen LogP contribution is -2.39. The van der Waals surface area contributed by atoms with Crippen LogP contribution in [0.5, 0.6) is 6.01 Å². The number of aliphatic hydroxyl groups excluding tert-OH is 1. The Morgan fingerprint density at radius 3 is 2.48 bits per heavy atom. The number of rotatable bonds is 11. The Balaban J connectivity index is 2.08. The molecule has 8 nitrogen and oxygen atoms in total. The highest BCUT2D eigenvalue weighted by Gasteiger charge is 2.21. The van der Waals surface area contributed by atoms with Crippen LogP contribution in [0, 0.1) is 0 Å². The van der Waals surface area contributed by atoms with Gasteiger partial charge in [-0.25, -0.2) is 4.79 Å².